The minimum absolute atomic E-state index is 0.506. The van der Waals surface area contributed by atoms with E-state index in [4.69, 9.17) is 0 Å². The van der Waals surface area contributed by atoms with Crippen molar-refractivity contribution < 1.29 is 5.11 Å². The molecule has 11 heavy (non-hydrogen) atoms. The molecule has 2 aliphatic carbocycles. The lowest BCUT2D eigenvalue weighted by atomic mass is 9.99. The van der Waals surface area contributed by atoms with Crippen molar-refractivity contribution >= 4 is 0 Å². The lowest BCUT2D eigenvalue weighted by Crippen LogP contribution is -1.98. The Hall–Kier alpha value is -0.460. The fourth-order valence-corrected chi connectivity index (χ4v) is 2.50. The maximum Gasteiger partial charge on any atom is 0.0914 e. The second-order valence-electron chi connectivity index (χ2n) is 4.67. The number of allylic oxidation sites excluding steroid dienone is 2. The SMILES string of the molecule is CC1=C(O)CC2C(C1)C2(C)C. The van der Waals surface area contributed by atoms with Crippen LogP contribution in [0, 0.1) is 17.3 Å². The highest BCUT2D eigenvalue weighted by atomic mass is 16.3. The maximum absolute atomic E-state index is 9.49. The van der Waals surface area contributed by atoms with Gasteiger partial charge in [0.1, 0.15) is 0 Å². The molecule has 0 aromatic heterocycles. The molecule has 0 aromatic rings. The molecule has 2 rings (SSSR count). The molecular weight excluding hydrogens is 136 g/mol. The maximum atomic E-state index is 9.49. The first-order valence-corrected chi connectivity index (χ1v) is 4.41. The summed E-state index contributed by atoms with van der Waals surface area (Å²) < 4.78 is 0. The van der Waals surface area contributed by atoms with E-state index in [-0.39, 0.29) is 0 Å². The van der Waals surface area contributed by atoms with E-state index in [0.29, 0.717) is 11.2 Å². The largest absolute Gasteiger partial charge is 0.512 e. The fraction of sp³-hybridized carbons (Fsp3) is 0.800. The zero-order valence-corrected chi connectivity index (χ0v) is 7.52. The van der Waals surface area contributed by atoms with E-state index in [0.717, 1.165) is 24.7 Å². The van der Waals surface area contributed by atoms with E-state index in [2.05, 4.69) is 20.8 Å². The van der Waals surface area contributed by atoms with Crippen molar-refractivity contribution in [3.05, 3.63) is 11.3 Å². The van der Waals surface area contributed by atoms with Crippen molar-refractivity contribution in [3.63, 3.8) is 0 Å². The van der Waals surface area contributed by atoms with Gasteiger partial charge in [-0.1, -0.05) is 13.8 Å². The van der Waals surface area contributed by atoms with Gasteiger partial charge in [-0.2, -0.15) is 0 Å². The molecule has 0 radical (unpaired) electrons. The van der Waals surface area contributed by atoms with Crippen LogP contribution in [0.4, 0.5) is 0 Å². The molecule has 2 aliphatic rings. The van der Waals surface area contributed by atoms with Crippen LogP contribution in [0.1, 0.15) is 33.6 Å². The summed E-state index contributed by atoms with van der Waals surface area (Å²) in [7, 11) is 0. The van der Waals surface area contributed by atoms with Crippen LogP contribution >= 0.6 is 0 Å². The first-order chi connectivity index (χ1) is 5.03. The third-order valence-electron chi connectivity index (χ3n) is 3.72. The van der Waals surface area contributed by atoms with E-state index < -0.39 is 0 Å². The molecule has 1 saturated carbocycles. The zero-order chi connectivity index (χ0) is 8.22. The summed E-state index contributed by atoms with van der Waals surface area (Å²) >= 11 is 0. The molecule has 0 aromatic carbocycles. The molecule has 0 aliphatic heterocycles. The Balaban J connectivity index is 2.18. The lowest BCUT2D eigenvalue weighted by molar-refractivity contribution is 0.350. The summed E-state index contributed by atoms with van der Waals surface area (Å²) in [4.78, 5) is 0. The second-order valence-corrected chi connectivity index (χ2v) is 4.67. The van der Waals surface area contributed by atoms with Crippen LogP contribution in [-0.4, -0.2) is 5.11 Å². The highest BCUT2D eigenvalue weighted by Crippen LogP contribution is 2.65. The molecule has 62 valence electrons. The molecule has 1 nitrogen and oxygen atoms in total. The monoisotopic (exact) mass is 152 g/mol. The Kier molecular flexibility index (Phi) is 1.19. The van der Waals surface area contributed by atoms with Crippen molar-refractivity contribution in [3.8, 4) is 0 Å². The van der Waals surface area contributed by atoms with Crippen LogP contribution in [0.15, 0.2) is 11.3 Å². The fourth-order valence-electron chi connectivity index (χ4n) is 2.50. The molecule has 2 atom stereocenters. The van der Waals surface area contributed by atoms with Crippen molar-refractivity contribution in [1.29, 1.82) is 0 Å². The number of hydrogen-bond donors (Lipinski definition) is 1. The molecule has 0 heterocycles. The molecule has 0 bridgehead atoms. The molecule has 0 saturated heterocycles. The third-order valence-corrected chi connectivity index (χ3v) is 3.72. The van der Waals surface area contributed by atoms with Gasteiger partial charge in [0.15, 0.2) is 0 Å². The van der Waals surface area contributed by atoms with Crippen molar-refractivity contribution in [2.45, 2.75) is 33.6 Å². The summed E-state index contributed by atoms with van der Waals surface area (Å²) in [5.41, 5.74) is 1.72. The Bertz CT molecular complexity index is 203. The normalized spacial score (nSPS) is 40.3. The Morgan fingerprint density at radius 2 is 1.82 bits per heavy atom. The smallest absolute Gasteiger partial charge is 0.0914 e. The van der Waals surface area contributed by atoms with Gasteiger partial charge in [-0.25, -0.2) is 0 Å². The van der Waals surface area contributed by atoms with Gasteiger partial charge in [0.05, 0.1) is 5.76 Å². The summed E-state index contributed by atoms with van der Waals surface area (Å²) in [5, 5.41) is 9.49. The molecule has 1 fully saturated rings. The van der Waals surface area contributed by atoms with Gasteiger partial charge in [-0.15, -0.1) is 0 Å². The standard InChI is InChI=1S/C10H16O/c1-6-4-7-8(5-9(6)11)10(7,2)3/h7-8,11H,4-5H2,1-3H3. The number of fused-ring (bicyclic) bond motifs is 1. The summed E-state index contributed by atoms with van der Waals surface area (Å²) in [6.45, 7) is 6.68. The Morgan fingerprint density at radius 1 is 1.27 bits per heavy atom. The van der Waals surface area contributed by atoms with Crippen LogP contribution in [0.5, 0.6) is 0 Å². The van der Waals surface area contributed by atoms with Gasteiger partial charge in [0.25, 0.3) is 0 Å². The number of aliphatic hydroxyl groups excluding tert-OH is 1. The first-order valence-electron chi connectivity index (χ1n) is 4.41. The average molecular weight is 152 g/mol. The van der Waals surface area contributed by atoms with Crippen LogP contribution in [0.25, 0.3) is 0 Å². The lowest BCUT2D eigenvalue weighted by Gasteiger charge is -2.10. The third kappa shape index (κ3) is 0.831. The summed E-state index contributed by atoms with van der Waals surface area (Å²) in [6.07, 6.45) is 2.06. The Morgan fingerprint density at radius 3 is 2.36 bits per heavy atom. The summed E-state index contributed by atoms with van der Waals surface area (Å²) in [6, 6.07) is 0. The quantitative estimate of drug-likeness (QED) is 0.566. The van der Waals surface area contributed by atoms with Crippen LogP contribution < -0.4 is 0 Å². The molecule has 2 unspecified atom stereocenters. The topological polar surface area (TPSA) is 20.2 Å². The van der Waals surface area contributed by atoms with Gasteiger partial charge >= 0.3 is 0 Å². The minimum Gasteiger partial charge on any atom is -0.512 e. The number of aliphatic hydroxyl groups is 1. The summed E-state index contributed by atoms with van der Waals surface area (Å²) in [5.74, 6) is 2.29. The second kappa shape index (κ2) is 1.82. The molecule has 1 heteroatoms. The molecule has 0 amide bonds. The van der Waals surface area contributed by atoms with E-state index in [1.165, 1.54) is 5.57 Å². The van der Waals surface area contributed by atoms with Crippen LogP contribution in [-0.2, 0) is 0 Å². The van der Waals surface area contributed by atoms with Crippen LogP contribution in [0.3, 0.4) is 0 Å². The van der Waals surface area contributed by atoms with E-state index in [1.807, 2.05) is 0 Å². The predicted molar refractivity (Wildman–Crippen MR) is 45.3 cm³/mol. The van der Waals surface area contributed by atoms with Gasteiger partial charge in [-0.3, -0.25) is 0 Å². The van der Waals surface area contributed by atoms with Gasteiger partial charge in [0.2, 0.25) is 0 Å². The van der Waals surface area contributed by atoms with E-state index in [1.54, 1.807) is 0 Å². The number of rotatable bonds is 0. The highest BCUT2D eigenvalue weighted by molar-refractivity contribution is 5.22. The van der Waals surface area contributed by atoms with Gasteiger partial charge in [-0.05, 0) is 36.2 Å². The van der Waals surface area contributed by atoms with E-state index in [9.17, 15) is 5.11 Å². The molecule has 0 spiro atoms. The van der Waals surface area contributed by atoms with Gasteiger partial charge in [0, 0.05) is 6.42 Å². The van der Waals surface area contributed by atoms with Crippen molar-refractivity contribution in [2.75, 3.05) is 0 Å². The Labute approximate surface area is 68.1 Å². The zero-order valence-electron chi connectivity index (χ0n) is 7.52. The van der Waals surface area contributed by atoms with Crippen LogP contribution in [0.2, 0.25) is 0 Å². The molecular formula is C10H16O. The number of hydrogen-bond acceptors (Lipinski definition) is 1. The first kappa shape index (κ1) is 7.20. The molecule has 1 N–H and O–H groups in total. The van der Waals surface area contributed by atoms with E-state index >= 15 is 0 Å². The minimum atomic E-state index is 0.506. The van der Waals surface area contributed by atoms with Crippen molar-refractivity contribution in [2.24, 2.45) is 17.3 Å². The van der Waals surface area contributed by atoms with Gasteiger partial charge < -0.3 is 5.11 Å². The highest BCUT2D eigenvalue weighted by Gasteiger charge is 2.58. The predicted octanol–water partition coefficient (Wildman–Crippen LogP) is 2.88. The van der Waals surface area contributed by atoms with Crippen molar-refractivity contribution in [1.82, 2.24) is 0 Å². The average Bonchev–Trinajstić information content (AvgIpc) is 2.39.